The van der Waals surface area contributed by atoms with Crippen molar-refractivity contribution in [1.82, 2.24) is 9.97 Å². The number of halogens is 1. The van der Waals surface area contributed by atoms with Crippen molar-refractivity contribution in [2.75, 3.05) is 41.3 Å². The third kappa shape index (κ3) is 5.28. The molecule has 160 valence electrons. The summed E-state index contributed by atoms with van der Waals surface area (Å²) in [5.41, 5.74) is 1.21. The van der Waals surface area contributed by atoms with Gasteiger partial charge in [-0.05, 0) is 31.2 Å². The van der Waals surface area contributed by atoms with Gasteiger partial charge >= 0.3 is 0 Å². The van der Waals surface area contributed by atoms with Crippen molar-refractivity contribution in [2.24, 2.45) is 0 Å². The first-order valence-electron chi connectivity index (χ1n) is 10.2. The van der Waals surface area contributed by atoms with Crippen molar-refractivity contribution in [1.29, 1.82) is 0 Å². The van der Waals surface area contributed by atoms with Gasteiger partial charge in [0.1, 0.15) is 29.5 Å². The van der Waals surface area contributed by atoms with Crippen LogP contribution in [-0.4, -0.2) is 48.2 Å². The minimum Gasteiger partial charge on any atom is -0.481 e. The van der Waals surface area contributed by atoms with Crippen LogP contribution in [0.25, 0.3) is 0 Å². The molecule has 0 saturated carbocycles. The van der Waals surface area contributed by atoms with E-state index in [9.17, 15) is 9.18 Å². The summed E-state index contributed by atoms with van der Waals surface area (Å²) in [4.78, 5) is 25.5. The smallest absolute Gasteiger partial charge is 0.266 e. The van der Waals surface area contributed by atoms with Crippen LogP contribution in [0.5, 0.6) is 5.75 Å². The van der Waals surface area contributed by atoms with E-state index in [0.717, 1.165) is 32.0 Å². The van der Waals surface area contributed by atoms with E-state index in [1.165, 1.54) is 30.2 Å². The molecule has 0 bridgehead atoms. The van der Waals surface area contributed by atoms with Gasteiger partial charge in [-0.25, -0.2) is 14.4 Å². The molecule has 1 aliphatic rings. The summed E-state index contributed by atoms with van der Waals surface area (Å²) in [6.45, 7) is 5.00. The average Bonchev–Trinajstić information content (AvgIpc) is 2.80. The van der Waals surface area contributed by atoms with E-state index in [0.29, 0.717) is 11.6 Å². The molecular formula is C23H24FN5O2. The van der Waals surface area contributed by atoms with Gasteiger partial charge in [0.05, 0.1) is 0 Å². The Morgan fingerprint density at radius 3 is 2.48 bits per heavy atom. The monoisotopic (exact) mass is 421 g/mol. The lowest BCUT2D eigenvalue weighted by Crippen LogP contribution is -2.46. The Morgan fingerprint density at radius 2 is 1.74 bits per heavy atom. The van der Waals surface area contributed by atoms with E-state index in [4.69, 9.17) is 4.74 Å². The molecule has 2 aromatic carbocycles. The predicted octanol–water partition coefficient (Wildman–Crippen LogP) is 3.35. The van der Waals surface area contributed by atoms with Crippen molar-refractivity contribution in [3.8, 4) is 5.75 Å². The summed E-state index contributed by atoms with van der Waals surface area (Å²) in [5, 5.41) is 2.74. The number of carbonyl (C=O) groups excluding carboxylic acids is 1. The minimum absolute atomic E-state index is 0.294. The molecule has 1 aromatic heterocycles. The summed E-state index contributed by atoms with van der Waals surface area (Å²) < 4.78 is 18.8. The van der Waals surface area contributed by atoms with Crippen LogP contribution in [0.1, 0.15) is 6.92 Å². The zero-order chi connectivity index (χ0) is 21.6. The second kappa shape index (κ2) is 9.42. The van der Waals surface area contributed by atoms with Crippen molar-refractivity contribution in [2.45, 2.75) is 13.0 Å². The van der Waals surface area contributed by atoms with Gasteiger partial charge in [-0.3, -0.25) is 4.79 Å². The molecule has 1 unspecified atom stereocenters. The number of aromatic nitrogens is 2. The fourth-order valence-electron chi connectivity index (χ4n) is 3.45. The second-order valence-corrected chi connectivity index (χ2v) is 7.28. The summed E-state index contributed by atoms with van der Waals surface area (Å²) in [7, 11) is 0. The van der Waals surface area contributed by atoms with E-state index in [-0.39, 0.29) is 5.91 Å². The number of hydrogen-bond acceptors (Lipinski definition) is 6. The number of para-hydroxylation sites is 1. The normalized spacial score (nSPS) is 14.8. The summed E-state index contributed by atoms with van der Waals surface area (Å²) in [5.74, 6) is 0.662. The Balaban J connectivity index is 1.34. The largest absolute Gasteiger partial charge is 0.481 e. The van der Waals surface area contributed by atoms with Gasteiger partial charge in [0.15, 0.2) is 6.10 Å². The first-order valence-corrected chi connectivity index (χ1v) is 10.2. The molecular weight excluding hydrogens is 397 g/mol. The molecule has 0 aliphatic carbocycles. The van der Waals surface area contributed by atoms with Crippen LogP contribution in [-0.2, 0) is 4.79 Å². The quantitative estimate of drug-likeness (QED) is 0.658. The average molecular weight is 421 g/mol. The molecule has 0 spiro atoms. The molecule has 3 aromatic rings. The van der Waals surface area contributed by atoms with Gasteiger partial charge in [-0.1, -0.05) is 24.3 Å². The molecule has 4 rings (SSSR count). The summed E-state index contributed by atoms with van der Waals surface area (Å²) >= 11 is 0. The van der Waals surface area contributed by atoms with Crippen molar-refractivity contribution in [3.05, 3.63) is 72.8 Å². The van der Waals surface area contributed by atoms with E-state index < -0.39 is 11.9 Å². The minimum atomic E-state index is -0.811. The van der Waals surface area contributed by atoms with Crippen LogP contribution in [0.15, 0.2) is 67.0 Å². The van der Waals surface area contributed by atoms with Gasteiger partial charge in [-0.2, -0.15) is 0 Å². The molecule has 1 amide bonds. The first-order chi connectivity index (χ1) is 15.1. The number of piperazine rings is 1. The number of nitrogens with one attached hydrogen (secondary N) is 1. The van der Waals surface area contributed by atoms with Crippen LogP contribution in [0.4, 0.5) is 21.7 Å². The third-order valence-electron chi connectivity index (χ3n) is 5.11. The van der Waals surface area contributed by atoms with E-state index >= 15 is 0 Å². The van der Waals surface area contributed by atoms with E-state index in [1.807, 2.05) is 18.2 Å². The van der Waals surface area contributed by atoms with Crippen molar-refractivity contribution in [3.63, 3.8) is 0 Å². The van der Waals surface area contributed by atoms with Gasteiger partial charge in [0.25, 0.3) is 5.91 Å². The Kier molecular flexibility index (Phi) is 6.26. The number of nitrogens with zero attached hydrogens (tertiary/aromatic N) is 4. The number of carbonyl (C=O) groups is 1. The highest BCUT2D eigenvalue weighted by atomic mass is 19.1. The Labute approximate surface area is 180 Å². The summed E-state index contributed by atoms with van der Waals surface area (Å²) in [6.07, 6.45) is 0.627. The molecule has 2 heterocycles. The second-order valence-electron chi connectivity index (χ2n) is 7.28. The first kappa shape index (κ1) is 20.6. The molecule has 1 aliphatic heterocycles. The number of hydrogen-bond donors (Lipinski definition) is 1. The molecule has 1 atom stereocenters. The molecule has 1 fully saturated rings. The van der Waals surface area contributed by atoms with Gasteiger partial charge in [0, 0.05) is 44.0 Å². The molecule has 8 heteroatoms. The SMILES string of the molecule is CC(Oc1cccc(F)c1)C(=O)Nc1cc(N2CCN(c3ccccc3)CC2)ncn1. The fourth-order valence-corrected chi connectivity index (χ4v) is 3.45. The van der Waals surface area contributed by atoms with Gasteiger partial charge in [0.2, 0.25) is 0 Å². The predicted molar refractivity (Wildman–Crippen MR) is 118 cm³/mol. The standard InChI is InChI=1S/C23H24FN5O2/c1-17(31-20-9-5-6-18(24)14-20)23(30)27-21-15-22(26-16-25-21)29-12-10-28(11-13-29)19-7-3-2-4-8-19/h2-9,14-17H,10-13H2,1H3,(H,25,26,27,30). The zero-order valence-corrected chi connectivity index (χ0v) is 17.2. The number of amides is 1. The van der Waals surface area contributed by atoms with Crippen LogP contribution in [0, 0.1) is 5.82 Å². The lowest BCUT2D eigenvalue weighted by atomic mass is 10.2. The Morgan fingerprint density at radius 1 is 1.00 bits per heavy atom. The maximum atomic E-state index is 13.3. The number of benzene rings is 2. The maximum Gasteiger partial charge on any atom is 0.266 e. The third-order valence-corrected chi connectivity index (χ3v) is 5.11. The zero-order valence-electron chi connectivity index (χ0n) is 17.2. The van der Waals surface area contributed by atoms with E-state index in [2.05, 4.69) is 37.2 Å². The highest BCUT2D eigenvalue weighted by Gasteiger charge is 2.20. The topological polar surface area (TPSA) is 70.6 Å². The summed E-state index contributed by atoms with van der Waals surface area (Å²) in [6, 6.07) is 17.8. The fraction of sp³-hybridized carbons (Fsp3) is 0.261. The highest BCUT2D eigenvalue weighted by molar-refractivity contribution is 5.93. The van der Waals surface area contributed by atoms with E-state index in [1.54, 1.807) is 19.1 Å². The maximum absolute atomic E-state index is 13.3. The molecule has 0 radical (unpaired) electrons. The Hall–Kier alpha value is -3.68. The van der Waals surface area contributed by atoms with Crippen molar-refractivity contribution < 1.29 is 13.9 Å². The highest BCUT2D eigenvalue weighted by Crippen LogP contribution is 2.20. The van der Waals surface area contributed by atoms with Crippen LogP contribution >= 0.6 is 0 Å². The number of anilines is 3. The Bertz CT molecular complexity index is 1030. The molecule has 1 saturated heterocycles. The van der Waals surface area contributed by atoms with Gasteiger partial charge < -0.3 is 19.9 Å². The van der Waals surface area contributed by atoms with Crippen LogP contribution in [0.2, 0.25) is 0 Å². The molecule has 7 nitrogen and oxygen atoms in total. The number of rotatable bonds is 6. The lowest BCUT2D eigenvalue weighted by Gasteiger charge is -2.36. The van der Waals surface area contributed by atoms with Crippen LogP contribution in [0.3, 0.4) is 0 Å². The van der Waals surface area contributed by atoms with Gasteiger partial charge in [-0.15, -0.1) is 0 Å². The number of ether oxygens (including phenoxy) is 1. The molecule has 31 heavy (non-hydrogen) atoms. The van der Waals surface area contributed by atoms with Crippen molar-refractivity contribution >= 4 is 23.2 Å². The molecule has 1 N–H and O–H groups in total. The lowest BCUT2D eigenvalue weighted by molar-refractivity contribution is -0.122. The van der Waals surface area contributed by atoms with Crippen LogP contribution < -0.4 is 19.9 Å².